The monoisotopic (exact) mass is 465 g/mol. The molecule has 0 saturated carbocycles. The molecular formula is C17H32IN5O2. The van der Waals surface area contributed by atoms with Gasteiger partial charge in [0.25, 0.3) is 0 Å². The molecule has 0 aromatic carbocycles. The molecule has 1 atom stereocenters. The van der Waals surface area contributed by atoms with Crippen LogP contribution in [-0.4, -0.2) is 48.0 Å². The van der Waals surface area contributed by atoms with Crippen molar-refractivity contribution in [3.05, 3.63) is 17.0 Å². The smallest absolute Gasteiger partial charge is 0.305 e. The summed E-state index contributed by atoms with van der Waals surface area (Å²) in [6.07, 6.45) is 2.02. The first-order valence-corrected chi connectivity index (χ1v) is 8.50. The van der Waals surface area contributed by atoms with Crippen LogP contribution >= 0.6 is 24.0 Å². The maximum absolute atomic E-state index is 11.3. The number of aromatic nitrogens is 2. The number of aryl methyl sites for hydroxylation is 2. The Morgan fingerprint density at radius 2 is 2.08 bits per heavy atom. The molecule has 2 N–H and O–H groups in total. The molecule has 8 heteroatoms. The molecule has 1 heterocycles. The Morgan fingerprint density at radius 1 is 1.40 bits per heavy atom. The van der Waals surface area contributed by atoms with Crippen molar-refractivity contribution in [2.24, 2.45) is 12.0 Å². The van der Waals surface area contributed by atoms with Crippen LogP contribution in [0.4, 0.5) is 0 Å². The summed E-state index contributed by atoms with van der Waals surface area (Å²) in [5.41, 5.74) is 3.54. The molecule has 0 bridgehead atoms. The molecule has 1 unspecified atom stereocenters. The molecule has 25 heavy (non-hydrogen) atoms. The minimum absolute atomic E-state index is 0. The highest BCUT2D eigenvalue weighted by Gasteiger charge is 2.14. The second kappa shape index (κ2) is 12.1. The summed E-state index contributed by atoms with van der Waals surface area (Å²) in [5, 5.41) is 11.1. The van der Waals surface area contributed by atoms with E-state index in [0.29, 0.717) is 26.0 Å². The number of carbonyl (C=O) groups is 1. The fraction of sp³-hybridized carbons (Fsp3) is 0.706. The predicted octanol–water partition coefficient (Wildman–Crippen LogP) is 2.09. The zero-order valence-electron chi connectivity index (χ0n) is 16.2. The molecule has 0 fully saturated rings. The molecular weight excluding hydrogens is 433 g/mol. The van der Waals surface area contributed by atoms with E-state index in [1.807, 2.05) is 25.6 Å². The van der Waals surface area contributed by atoms with Gasteiger partial charge in [-0.25, -0.2) is 0 Å². The Hall–Kier alpha value is -1.32. The van der Waals surface area contributed by atoms with Crippen LogP contribution in [0.15, 0.2) is 4.99 Å². The largest absolute Gasteiger partial charge is 0.466 e. The average Bonchev–Trinajstić information content (AvgIpc) is 2.77. The van der Waals surface area contributed by atoms with E-state index in [2.05, 4.69) is 34.6 Å². The molecule has 144 valence electrons. The number of carbonyl (C=O) groups excluding carboxylic acids is 1. The first-order chi connectivity index (χ1) is 11.4. The fourth-order valence-corrected chi connectivity index (χ4v) is 2.57. The number of nitrogens with zero attached hydrogens (tertiary/aromatic N) is 3. The van der Waals surface area contributed by atoms with Crippen LogP contribution in [-0.2, 0) is 23.0 Å². The van der Waals surface area contributed by atoms with E-state index in [1.54, 1.807) is 7.05 Å². The third-order valence-electron chi connectivity index (χ3n) is 3.93. The number of nitrogens with one attached hydrogen (secondary N) is 2. The zero-order chi connectivity index (χ0) is 18.1. The van der Waals surface area contributed by atoms with Gasteiger partial charge in [0.15, 0.2) is 5.96 Å². The second-order valence-electron chi connectivity index (χ2n) is 5.93. The average molecular weight is 465 g/mol. The van der Waals surface area contributed by atoms with E-state index in [1.165, 1.54) is 11.3 Å². The van der Waals surface area contributed by atoms with Gasteiger partial charge < -0.3 is 15.4 Å². The summed E-state index contributed by atoms with van der Waals surface area (Å²) in [6, 6.07) is 0.225. The lowest BCUT2D eigenvalue weighted by Gasteiger charge is -2.18. The SMILES string of the molecule is CCOC(=O)CCCNC(=NC)NC(C)Cc1c(C)nn(C)c1C.I. The van der Waals surface area contributed by atoms with Crippen molar-refractivity contribution in [2.45, 2.75) is 53.0 Å². The Kier molecular flexibility index (Phi) is 11.5. The lowest BCUT2D eigenvalue weighted by molar-refractivity contribution is -0.143. The van der Waals surface area contributed by atoms with Gasteiger partial charge >= 0.3 is 5.97 Å². The third-order valence-corrected chi connectivity index (χ3v) is 3.93. The quantitative estimate of drug-likeness (QED) is 0.202. The molecule has 0 amide bonds. The zero-order valence-corrected chi connectivity index (χ0v) is 18.5. The first kappa shape index (κ1) is 23.7. The van der Waals surface area contributed by atoms with Crippen LogP contribution < -0.4 is 10.6 Å². The van der Waals surface area contributed by atoms with Gasteiger partial charge in [-0.15, -0.1) is 24.0 Å². The number of ether oxygens (including phenoxy) is 1. The van der Waals surface area contributed by atoms with Gasteiger partial charge in [-0.3, -0.25) is 14.5 Å². The van der Waals surface area contributed by atoms with Gasteiger partial charge in [-0.1, -0.05) is 0 Å². The summed E-state index contributed by atoms with van der Waals surface area (Å²) in [6.45, 7) is 9.17. The van der Waals surface area contributed by atoms with Crippen molar-refractivity contribution in [1.29, 1.82) is 0 Å². The highest BCUT2D eigenvalue weighted by Crippen LogP contribution is 2.14. The van der Waals surface area contributed by atoms with Gasteiger partial charge in [0.05, 0.1) is 12.3 Å². The molecule has 0 aliphatic heterocycles. The topological polar surface area (TPSA) is 80.5 Å². The minimum atomic E-state index is -0.154. The summed E-state index contributed by atoms with van der Waals surface area (Å²) in [7, 11) is 3.71. The normalized spacial score (nSPS) is 12.3. The van der Waals surface area contributed by atoms with Crippen molar-refractivity contribution in [3.8, 4) is 0 Å². The van der Waals surface area contributed by atoms with Gasteiger partial charge in [0.1, 0.15) is 0 Å². The van der Waals surface area contributed by atoms with Crippen molar-refractivity contribution < 1.29 is 9.53 Å². The Morgan fingerprint density at radius 3 is 2.60 bits per heavy atom. The van der Waals surface area contributed by atoms with E-state index in [-0.39, 0.29) is 36.0 Å². The van der Waals surface area contributed by atoms with E-state index in [9.17, 15) is 4.79 Å². The molecule has 0 aliphatic rings. The van der Waals surface area contributed by atoms with Crippen molar-refractivity contribution in [3.63, 3.8) is 0 Å². The predicted molar refractivity (Wildman–Crippen MR) is 112 cm³/mol. The van der Waals surface area contributed by atoms with Crippen LogP contribution in [0.25, 0.3) is 0 Å². The van der Waals surface area contributed by atoms with E-state index in [4.69, 9.17) is 4.74 Å². The Balaban J connectivity index is 0.00000576. The standard InChI is InChI=1S/C17H31N5O2.HI/c1-7-24-16(23)9-8-10-19-17(18-5)20-12(2)11-15-13(3)21-22(6)14(15)4;/h12H,7-11H2,1-6H3,(H2,18,19,20);1H. The molecule has 0 spiro atoms. The van der Waals surface area contributed by atoms with Crippen LogP contribution in [0, 0.1) is 13.8 Å². The molecule has 7 nitrogen and oxygen atoms in total. The number of esters is 1. The van der Waals surface area contributed by atoms with E-state index < -0.39 is 0 Å². The number of hydrogen-bond acceptors (Lipinski definition) is 4. The number of aliphatic imine (C=N–C) groups is 1. The molecule has 1 rings (SSSR count). The highest BCUT2D eigenvalue weighted by atomic mass is 127. The summed E-state index contributed by atoms with van der Waals surface area (Å²) >= 11 is 0. The minimum Gasteiger partial charge on any atom is -0.466 e. The van der Waals surface area contributed by atoms with Gasteiger partial charge in [0.2, 0.25) is 0 Å². The number of hydrogen-bond donors (Lipinski definition) is 2. The Bertz CT molecular complexity index is 572. The molecule has 0 radical (unpaired) electrons. The third kappa shape index (κ3) is 8.06. The first-order valence-electron chi connectivity index (χ1n) is 8.50. The summed E-state index contributed by atoms with van der Waals surface area (Å²) < 4.78 is 6.83. The van der Waals surface area contributed by atoms with Gasteiger partial charge in [-0.2, -0.15) is 5.10 Å². The number of guanidine groups is 1. The van der Waals surface area contributed by atoms with Gasteiger partial charge in [-0.05, 0) is 46.1 Å². The lowest BCUT2D eigenvalue weighted by Crippen LogP contribution is -2.43. The lowest BCUT2D eigenvalue weighted by atomic mass is 10.1. The molecule has 0 saturated heterocycles. The molecule has 1 aromatic rings. The van der Waals surface area contributed by atoms with Crippen molar-refractivity contribution in [1.82, 2.24) is 20.4 Å². The maximum Gasteiger partial charge on any atom is 0.305 e. The van der Waals surface area contributed by atoms with E-state index in [0.717, 1.165) is 18.1 Å². The number of halogens is 1. The molecule has 1 aromatic heterocycles. The van der Waals surface area contributed by atoms with Crippen LogP contribution in [0.2, 0.25) is 0 Å². The summed E-state index contributed by atoms with van der Waals surface area (Å²) in [5.74, 6) is 0.587. The Labute approximate surface area is 168 Å². The summed E-state index contributed by atoms with van der Waals surface area (Å²) in [4.78, 5) is 15.5. The molecule has 0 aliphatic carbocycles. The number of rotatable bonds is 8. The van der Waals surface area contributed by atoms with Crippen LogP contribution in [0.3, 0.4) is 0 Å². The van der Waals surface area contributed by atoms with Gasteiger partial charge in [0, 0.05) is 38.8 Å². The van der Waals surface area contributed by atoms with Crippen LogP contribution in [0.1, 0.15) is 43.6 Å². The van der Waals surface area contributed by atoms with Crippen molar-refractivity contribution >= 4 is 35.9 Å². The second-order valence-corrected chi connectivity index (χ2v) is 5.93. The fourth-order valence-electron chi connectivity index (χ4n) is 2.57. The maximum atomic E-state index is 11.3. The highest BCUT2D eigenvalue weighted by molar-refractivity contribution is 14.0. The van der Waals surface area contributed by atoms with Crippen LogP contribution in [0.5, 0.6) is 0 Å². The van der Waals surface area contributed by atoms with E-state index >= 15 is 0 Å². The van der Waals surface area contributed by atoms with Crippen molar-refractivity contribution in [2.75, 3.05) is 20.2 Å².